The molecule has 1 aromatic rings. The van der Waals surface area contributed by atoms with E-state index in [4.69, 9.17) is 15.2 Å². The molecule has 3 N–H and O–H groups in total. The largest absolute Gasteiger partial charge is 0.496 e. The highest BCUT2D eigenvalue weighted by Crippen LogP contribution is 2.28. The van der Waals surface area contributed by atoms with E-state index >= 15 is 0 Å². The Hall–Kier alpha value is -1.26. The minimum atomic E-state index is 0.731. The SMILES string of the molecule is COc1cc(N)ccc1CNCCCOCC1CC1. The van der Waals surface area contributed by atoms with Crippen molar-refractivity contribution in [2.24, 2.45) is 5.92 Å². The maximum Gasteiger partial charge on any atom is 0.125 e. The van der Waals surface area contributed by atoms with Crippen LogP contribution >= 0.6 is 0 Å². The van der Waals surface area contributed by atoms with Crippen LogP contribution in [0.5, 0.6) is 5.75 Å². The molecule has 4 heteroatoms. The van der Waals surface area contributed by atoms with Gasteiger partial charge in [-0.25, -0.2) is 0 Å². The van der Waals surface area contributed by atoms with Crippen LogP contribution < -0.4 is 15.8 Å². The van der Waals surface area contributed by atoms with Crippen molar-refractivity contribution in [2.75, 3.05) is 32.6 Å². The van der Waals surface area contributed by atoms with Gasteiger partial charge < -0.3 is 20.5 Å². The van der Waals surface area contributed by atoms with Crippen LogP contribution in [0.3, 0.4) is 0 Å². The van der Waals surface area contributed by atoms with Crippen LogP contribution in [-0.2, 0) is 11.3 Å². The quantitative estimate of drug-likeness (QED) is 0.530. The van der Waals surface area contributed by atoms with E-state index in [9.17, 15) is 0 Å². The summed E-state index contributed by atoms with van der Waals surface area (Å²) in [7, 11) is 1.67. The third-order valence-corrected chi connectivity index (χ3v) is 3.32. The number of nitrogens with one attached hydrogen (secondary N) is 1. The van der Waals surface area contributed by atoms with Crippen LogP contribution in [0.2, 0.25) is 0 Å². The van der Waals surface area contributed by atoms with Gasteiger partial charge in [0.2, 0.25) is 0 Å². The summed E-state index contributed by atoms with van der Waals surface area (Å²) in [5.41, 5.74) is 7.59. The first-order chi connectivity index (χ1) is 9.29. The Kier molecular flexibility index (Phi) is 5.48. The first-order valence-electron chi connectivity index (χ1n) is 7.00. The summed E-state index contributed by atoms with van der Waals surface area (Å²) in [6, 6.07) is 5.76. The number of hydrogen-bond acceptors (Lipinski definition) is 4. The molecule has 0 atom stereocenters. The maximum absolute atomic E-state index is 5.73. The zero-order valence-electron chi connectivity index (χ0n) is 11.7. The molecule has 106 valence electrons. The van der Waals surface area contributed by atoms with Crippen molar-refractivity contribution >= 4 is 5.69 Å². The summed E-state index contributed by atoms with van der Waals surface area (Å²) in [6.45, 7) is 3.55. The molecule has 1 fully saturated rings. The molecular formula is C15H24N2O2. The Morgan fingerprint density at radius 3 is 2.95 bits per heavy atom. The summed E-state index contributed by atoms with van der Waals surface area (Å²) in [4.78, 5) is 0. The maximum atomic E-state index is 5.73. The fourth-order valence-corrected chi connectivity index (χ4v) is 1.96. The lowest BCUT2D eigenvalue weighted by Crippen LogP contribution is -2.17. The highest BCUT2D eigenvalue weighted by molar-refractivity contribution is 5.48. The zero-order chi connectivity index (χ0) is 13.5. The Labute approximate surface area is 115 Å². The lowest BCUT2D eigenvalue weighted by molar-refractivity contribution is 0.122. The van der Waals surface area contributed by atoms with E-state index in [1.807, 2.05) is 18.2 Å². The summed E-state index contributed by atoms with van der Waals surface area (Å²) >= 11 is 0. The number of anilines is 1. The standard InChI is InChI=1S/C15H24N2O2/c1-18-15-9-14(16)6-5-13(15)10-17-7-2-8-19-11-12-3-4-12/h5-6,9,12,17H,2-4,7-8,10-11,16H2,1H3. The molecule has 0 aliphatic heterocycles. The second kappa shape index (κ2) is 7.36. The number of methoxy groups -OCH3 is 1. The smallest absolute Gasteiger partial charge is 0.125 e. The average molecular weight is 264 g/mol. The van der Waals surface area contributed by atoms with Crippen molar-refractivity contribution in [2.45, 2.75) is 25.8 Å². The monoisotopic (exact) mass is 264 g/mol. The molecule has 0 spiro atoms. The number of ether oxygens (including phenoxy) is 2. The van der Waals surface area contributed by atoms with Crippen LogP contribution in [-0.4, -0.2) is 26.9 Å². The van der Waals surface area contributed by atoms with Crippen LogP contribution in [0.1, 0.15) is 24.8 Å². The second-order valence-electron chi connectivity index (χ2n) is 5.12. The topological polar surface area (TPSA) is 56.5 Å². The predicted octanol–water partition coefficient (Wildman–Crippen LogP) is 2.18. The summed E-state index contributed by atoms with van der Waals surface area (Å²) in [6.07, 6.45) is 3.76. The van der Waals surface area contributed by atoms with Gasteiger partial charge in [-0.3, -0.25) is 0 Å². The molecule has 0 bridgehead atoms. The van der Waals surface area contributed by atoms with Crippen molar-refractivity contribution in [3.8, 4) is 5.75 Å². The second-order valence-corrected chi connectivity index (χ2v) is 5.12. The van der Waals surface area contributed by atoms with Gasteiger partial charge in [0, 0.05) is 37.1 Å². The van der Waals surface area contributed by atoms with Crippen LogP contribution in [0, 0.1) is 5.92 Å². The zero-order valence-corrected chi connectivity index (χ0v) is 11.7. The Bertz CT molecular complexity index is 392. The highest BCUT2D eigenvalue weighted by Gasteiger charge is 2.20. The Morgan fingerprint density at radius 1 is 1.37 bits per heavy atom. The summed E-state index contributed by atoms with van der Waals surface area (Å²) < 4.78 is 10.9. The van der Waals surface area contributed by atoms with E-state index in [2.05, 4.69) is 5.32 Å². The number of benzene rings is 1. The molecular weight excluding hydrogens is 240 g/mol. The van der Waals surface area contributed by atoms with Crippen molar-refractivity contribution in [1.29, 1.82) is 0 Å². The third kappa shape index (κ3) is 5.09. The van der Waals surface area contributed by atoms with E-state index in [-0.39, 0.29) is 0 Å². The van der Waals surface area contributed by atoms with Gasteiger partial charge in [-0.1, -0.05) is 6.07 Å². The molecule has 0 amide bonds. The Balaban J connectivity index is 1.59. The van der Waals surface area contributed by atoms with Crippen molar-refractivity contribution < 1.29 is 9.47 Å². The molecule has 0 unspecified atom stereocenters. The molecule has 1 aliphatic rings. The first-order valence-corrected chi connectivity index (χ1v) is 7.00. The first kappa shape index (κ1) is 14.2. The Morgan fingerprint density at radius 2 is 2.21 bits per heavy atom. The van der Waals surface area contributed by atoms with Crippen molar-refractivity contribution in [1.82, 2.24) is 5.32 Å². The minimum absolute atomic E-state index is 0.731. The van der Waals surface area contributed by atoms with Gasteiger partial charge in [0.25, 0.3) is 0 Å². The van der Waals surface area contributed by atoms with Gasteiger partial charge in [-0.15, -0.1) is 0 Å². The van der Waals surface area contributed by atoms with Gasteiger partial charge in [0.15, 0.2) is 0 Å². The molecule has 1 aromatic carbocycles. The summed E-state index contributed by atoms with van der Waals surface area (Å²) in [5.74, 6) is 1.70. The van der Waals surface area contributed by atoms with Gasteiger partial charge >= 0.3 is 0 Å². The van der Waals surface area contributed by atoms with E-state index in [0.717, 1.165) is 55.6 Å². The lowest BCUT2D eigenvalue weighted by atomic mass is 10.2. The summed E-state index contributed by atoms with van der Waals surface area (Å²) in [5, 5.41) is 3.40. The number of rotatable bonds is 9. The minimum Gasteiger partial charge on any atom is -0.496 e. The van der Waals surface area contributed by atoms with Crippen LogP contribution in [0.15, 0.2) is 18.2 Å². The number of nitrogen functional groups attached to an aromatic ring is 1. The predicted molar refractivity (Wildman–Crippen MR) is 77.3 cm³/mol. The normalized spacial score (nSPS) is 14.6. The molecule has 1 saturated carbocycles. The fraction of sp³-hybridized carbons (Fsp3) is 0.600. The molecule has 0 radical (unpaired) electrons. The van der Waals surface area contributed by atoms with Gasteiger partial charge in [-0.05, 0) is 37.8 Å². The fourth-order valence-electron chi connectivity index (χ4n) is 1.96. The molecule has 0 aromatic heterocycles. The van der Waals surface area contributed by atoms with Crippen LogP contribution in [0.4, 0.5) is 5.69 Å². The van der Waals surface area contributed by atoms with Gasteiger partial charge in [0.05, 0.1) is 7.11 Å². The number of hydrogen-bond donors (Lipinski definition) is 2. The van der Waals surface area contributed by atoms with Gasteiger partial charge in [-0.2, -0.15) is 0 Å². The molecule has 0 saturated heterocycles. The molecule has 2 rings (SSSR count). The van der Waals surface area contributed by atoms with Crippen molar-refractivity contribution in [3.63, 3.8) is 0 Å². The molecule has 1 aliphatic carbocycles. The van der Waals surface area contributed by atoms with Gasteiger partial charge in [0.1, 0.15) is 5.75 Å². The van der Waals surface area contributed by atoms with Crippen molar-refractivity contribution in [3.05, 3.63) is 23.8 Å². The average Bonchev–Trinajstić information content (AvgIpc) is 3.23. The van der Waals surface area contributed by atoms with E-state index in [0.29, 0.717) is 0 Å². The molecule has 19 heavy (non-hydrogen) atoms. The lowest BCUT2D eigenvalue weighted by Gasteiger charge is -2.10. The van der Waals surface area contributed by atoms with E-state index < -0.39 is 0 Å². The molecule has 0 heterocycles. The molecule has 4 nitrogen and oxygen atoms in total. The van der Waals surface area contributed by atoms with E-state index in [1.165, 1.54) is 12.8 Å². The third-order valence-electron chi connectivity index (χ3n) is 3.32. The number of nitrogens with two attached hydrogens (primary N) is 1. The highest BCUT2D eigenvalue weighted by atomic mass is 16.5. The van der Waals surface area contributed by atoms with Crippen LogP contribution in [0.25, 0.3) is 0 Å². The van der Waals surface area contributed by atoms with E-state index in [1.54, 1.807) is 7.11 Å².